The van der Waals surface area contributed by atoms with Crippen LogP contribution in [0.3, 0.4) is 0 Å². The van der Waals surface area contributed by atoms with Gasteiger partial charge in [-0.25, -0.2) is 4.39 Å². The lowest BCUT2D eigenvalue weighted by Gasteiger charge is -2.35. The highest BCUT2D eigenvalue weighted by Gasteiger charge is 2.48. The zero-order valence-corrected chi connectivity index (χ0v) is 16.8. The number of aryl methyl sites for hydroxylation is 1. The van der Waals surface area contributed by atoms with E-state index in [1.165, 1.54) is 30.3 Å². The van der Waals surface area contributed by atoms with Crippen LogP contribution in [0.15, 0.2) is 48.0 Å². The molecule has 1 saturated heterocycles. The van der Waals surface area contributed by atoms with Crippen molar-refractivity contribution < 1.29 is 24.2 Å². The summed E-state index contributed by atoms with van der Waals surface area (Å²) in [5, 5.41) is 21.0. The van der Waals surface area contributed by atoms with Gasteiger partial charge >= 0.3 is 0 Å². The Labute approximate surface area is 174 Å². The first-order chi connectivity index (χ1) is 14.4. The highest BCUT2D eigenvalue weighted by atomic mass is 19.1. The molecule has 2 fully saturated rings. The number of halogens is 1. The van der Waals surface area contributed by atoms with Gasteiger partial charge < -0.3 is 15.1 Å². The van der Waals surface area contributed by atoms with Crippen molar-refractivity contribution in [2.24, 2.45) is 0 Å². The number of aromatic hydroxyl groups is 1. The Morgan fingerprint density at radius 1 is 1.07 bits per heavy atom. The van der Waals surface area contributed by atoms with E-state index in [9.17, 15) is 24.2 Å². The molecule has 2 aliphatic rings. The number of likely N-dealkylation sites (tertiary alicyclic amines) is 1. The number of phenols is 1. The topological polar surface area (TPSA) is 77.8 Å². The number of aliphatic hydroxyl groups excluding tert-OH is 1. The molecule has 5 nitrogen and oxygen atoms in total. The predicted molar refractivity (Wildman–Crippen MR) is 110 cm³/mol. The number of phenolic OH excluding ortho intramolecular Hbond substituents is 1. The minimum absolute atomic E-state index is 0.0133. The van der Waals surface area contributed by atoms with Gasteiger partial charge in [0.25, 0.3) is 11.7 Å². The van der Waals surface area contributed by atoms with Crippen molar-refractivity contribution in [1.29, 1.82) is 0 Å². The summed E-state index contributed by atoms with van der Waals surface area (Å²) in [6.45, 7) is 1.57. The summed E-state index contributed by atoms with van der Waals surface area (Å²) < 4.78 is 13.7. The third-order valence-electron chi connectivity index (χ3n) is 6.07. The van der Waals surface area contributed by atoms with Crippen molar-refractivity contribution in [3.8, 4) is 5.75 Å². The Morgan fingerprint density at radius 2 is 1.80 bits per heavy atom. The number of rotatable bonds is 3. The molecule has 0 bridgehead atoms. The fraction of sp³-hybridized carbons (Fsp3) is 0.333. The molecule has 4 rings (SSSR count). The summed E-state index contributed by atoms with van der Waals surface area (Å²) in [6, 6.07) is 9.57. The van der Waals surface area contributed by atoms with Gasteiger partial charge in [0, 0.05) is 11.6 Å². The Bertz CT molecular complexity index is 1040. The molecule has 0 spiro atoms. The number of hydrogen-bond acceptors (Lipinski definition) is 4. The molecule has 30 heavy (non-hydrogen) atoms. The van der Waals surface area contributed by atoms with Crippen LogP contribution in [0.5, 0.6) is 5.75 Å². The zero-order valence-electron chi connectivity index (χ0n) is 16.8. The number of ketones is 1. The molecule has 1 heterocycles. The van der Waals surface area contributed by atoms with Crippen LogP contribution >= 0.6 is 0 Å². The minimum Gasteiger partial charge on any atom is -0.508 e. The van der Waals surface area contributed by atoms with E-state index < -0.39 is 23.5 Å². The molecule has 6 heteroatoms. The molecule has 1 aliphatic carbocycles. The molecule has 2 N–H and O–H groups in total. The molecule has 2 aromatic rings. The lowest BCUT2D eigenvalue weighted by atomic mass is 9.90. The largest absolute Gasteiger partial charge is 0.508 e. The van der Waals surface area contributed by atoms with Gasteiger partial charge in [-0.15, -0.1) is 0 Å². The van der Waals surface area contributed by atoms with Gasteiger partial charge in [-0.2, -0.15) is 0 Å². The summed E-state index contributed by atoms with van der Waals surface area (Å²) in [7, 11) is 0. The first-order valence-electron chi connectivity index (χ1n) is 10.2. The fourth-order valence-electron chi connectivity index (χ4n) is 4.56. The SMILES string of the molecule is Cc1cc(/C(O)=C2/C(=O)C(=O)N(C3CCCCC3)C2c2cccc(O)c2)ccc1F. The van der Waals surface area contributed by atoms with E-state index in [0.717, 1.165) is 32.1 Å². The lowest BCUT2D eigenvalue weighted by Crippen LogP contribution is -2.40. The van der Waals surface area contributed by atoms with E-state index in [1.807, 2.05) is 0 Å². The second-order valence-electron chi connectivity index (χ2n) is 8.06. The molecule has 1 unspecified atom stereocenters. The first-order valence-corrected chi connectivity index (χ1v) is 10.2. The molecule has 2 aromatic carbocycles. The highest BCUT2D eigenvalue weighted by Crippen LogP contribution is 2.43. The van der Waals surface area contributed by atoms with Crippen LogP contribution < -0.4 is 0 Å². The zero-order chi connectivity index (χ0) is 21.4. The Kier molecular flexibility index (Phi) is 5.33. The maximum atomic E-state index is 13.7. The summed E-state index contributed by atoms with van der Waals surface area (Å²) in [4.78, 5) is 27.7. The smallest absolute Gasteiger partial charge is 0.295 e. The van der Waals surface area contributed by atoms with Crippen LogP contribution in [-0.4, -0.2) is 32.8 Å². The summed E-state index contributed by atoms with van der Waals surface area (Å²) >= 11 is 0. The fourth-order valence-corrected chi connectivity index (χ4v) is 4.56. The van der Waals surface area contributed by atoms with Crippen LogP contribution in [-0.2, 0) is 9.59 Å². The van der Waals surface area contributed by atoms with Crippen molar-refractivity contribution in [1.82, 2.24) is 4.90 Å². The summed E-state index contributed by atoms with van der Waals surface area (Å²) in [5.41, 5.74) is 1.14. The molecule has 1 amide bonds. The average Bonchev–Trinajstić information content (AvgIpc) is 3.01. The van der Waals surface area contributed by atoms with Gasteiger partial charge in [0.05, 0.1) is 11.6 Å². The number of hydrogen-bond donors (Lipinski definition) is 2. The number of aliphatic hydroxyl groups is 1. The average molecular weight is 409 g/mol. The summed E-state index contributed by atoms with van der Waals surface area (Å²) in [6.07, 6.45) is 4.61. The quantitative estimate of drug-likeness (QED) is 0.441. The predicted octanol–water partition coefficient (Wildman–Crippen LogP) is 4.59. The monoisotopic (exact) mass is 409 g/mol. The third kappa shape index (κ3) is 3.47. The van der Waals surface area contributed by atoms with Gasteiger partial charge in [-0.1, -0.05) is 31.4 Å². The van der Waals surface area contributed by atoms with Gasteiger partial charge in [0.15, 0.2) is 0 Å². The van der Waals surface area contributed by atoms with Gasteiger partial charge in [-0.05, 0) is 61.2 Å². The Morgan fingerprint density at radius 3 is 2.47 bits per heavy atom. The van der Waals surface area contributed by atoms with Gasteiger partial charge in [0.2, 0.25) is 0 Å². The molecule has 1 atom stereocenters. The molecule has 156 valence electrons. The van der Waals surface area contributed by atoms with Crippen LogP contribution in [0.4, 0.5) is 4.39 Å². The number of nitrogens with zero attached hydrogens (tertiary/aromatic N) is 1. The third-order valence-corrected chi connectivity index (χ3v) is 6.07. The van der Waals surface area contributed by atoms with Crippen molar-refractivity contribution in [2.45, 2.75) is 51.1 Å². The normalized spacial score (nSPS) is 21.9. The van der Waals surface area contributed by atoms with Crippen molar-refractivity contribution in [3.63, 3.8) is 0 Å². The number of carbonyl (C=O) groups is 2. The maximum absolute atomic E-state index is 13.7. The van der Waals surface area contributed by atoms with Crippen LogP contribution in [0.25, 0.3) is 5.76 Å². The molecule has 0 aromatic heterocycles. The number of benzene rings is 2. The minimum atomic E-state index is -0.800. The van der Waals surface area contributed by atoms with Crippen molar-refractivity contribution in [2.75, 3.05) is 0 Å². The Hall–Kier alpha value is -3.15. The van der Waals surface area contributed by atoms with Crippen LogP contribution in [0, 0.1) is 12.7 Å². The van der Waals surface area contributed by atoms with E-state index >= 15 is 0 Å². The van der Waals surface area contributed by atoms with Crippen molar-refractivity contribution in [3.05, 3.63) is 70.5 Å². The van der Waals surface area contributed by atoms with Crippen molar-refractivity contribution >= 4 is 17.4 Å². The standard InChI is InChI=1S/C24H24FNO4/c1-14-12-16(10-11-19(14)25)22(28)20-21(15-6-5-9-18(27)13-15)26(24(30)23(20)29)17-7-3-2-4-8-17/h5-6,9-13,17,21,27-28H,2-4,7-8H2,1H3/b22-20-. The van der Waals surface area contributed by atoms with E-state index in [-0.39, 0.29) is 28.7 Å². The maximum Gasteiger partial charge on any atom is 0.295 e. The molecular weight excluding hydrogens is 385 g/mol. The number of carbonyl (C=O) groups excluding carboxylic acids is 2. The highest BCUT2D eigenvalue weighted by molar-refractivity contribution is 6.46. The first kappa shape index (κ1) is 20.1. The summed E-state index contributed by atoms with van der Waals surface area (Å²) in [5.74, 6) is -2.13. The van der Waals surface area contributed by atoms with Gasteiger partial charge in [-0.3, -0.25) is 9.59 Å². The van der Waals surface area contributed by atoms with E-state index in [2.05, 4.69) is 0 Å². The van der Waals surface area contributed by atoms with E-state index in [4.69, 9.17) is 0 Å². The molecule has 1 saturated carbocycles. The van der Waals surface area contributed by atoms with E-state index in [0.29, 0.717) is 11.1 Å². The van der Waals surface area contributed by atoms with Crippen LogP contribution in [0.1, 0.15) is 54.8 Å². The second kappa shape index (κ2) is 7.94. The van der Waals surface area contributed by atoms with E-state index in [1.54, 1.807) is 24.0 Å². The van der Waals surface area contributed by atoms with Gasteiger partial charge in [0.1, 0.15) is 17.3 Å². The second-order valence-corrected chi connectivity index (χ2v) is 8.06. The Balaban J connectivity index is 1.89. The number of Topliss-reactive ketones (excluding diaryl/α,β-unsaturated/α-hetero) is 1. The van der Waals surface area contributed by atoms with Crippen LogP contribution in [0.2, 0.25) is 0 Å². The molecule has 1 aliphatic heterocycles. The molecule has 0 radical (unpaired) electrons. The molecular formula is C24H24FNO4. The lowest BCUT2D eigenvalue weighted by molar-refractivity contribution is -0.141. The number of amides is 1.